The minimum Gasteiger partial charge on any atom is -0.347 e. The van der Waals surface area contributed by atoms with E-state index >= 15 is 0 Å². The first-order valence-corrected chi connectivity index (χ1v) is 6.65. The maximum Gasteiger partial charge on any atom is 0.261 e. The van der Waals surface area contributed by atoms with Gasteiger partial charge in [-0.1, -0.05) is 18.2 Å². The lowest BCUT2D eigenvalue weighted by atomic mass is 10.2. The van der Waals surface area contributed by atoms with E-state index in [0.29, 0.717) is 0 Å². The van der Waals surface area contributed by atoms with Crippen LogP contribution in [0.15, 0.2) is 30.3 Å². The summed E-state index contributed by atoms with van der Waals surface area (Å²) < 4.78 is 1.17. The van der Waals surface area contributed by atoms with Crippen LogP contribution in [-0.4, -0.2) is 25.0 Å². The zero-order valence-corrected chi connectivity index (χ0v) is 10.2. The maximum absolute atomic E-state index is 12.0. The fourth-order valence-corrected chi connectivity index (χ4v) is 3.09. The van der Waals surface area contributed by atoms with Gasteiger partial charge in [-0.25, -0.2) is 0 Å². The van der Waals surface area contributed by atoms with Crippen LogP contribution in [0.4, 0.5) is 0 Å². The molecule has 0 radical (unpaired) electrons. The highest BCUT2D eigenvalue weighted by Gasteiger charge is 2.18. The van der Waals surface area contributed by atoms with E-state index in [2.05, 4.69) is 10.6 Å². The van der Waals surface area contributed by atoms with Gasteiger partial charge < -0.3 is 10.6 Å². The van der Waals surface area contributed by atoms with Gasteiger partial charge >= 0.3 is 0 Å². The van der Waals surface area contributed by atoms with Crippen molar-refractivity contribution in [2.75, 3.05) is 13.1 Å². The Kier molecular flexibility index (Phi) is 2.82. The molecule has 3 nitrogen and oxygen atoms in total. The average Bonchev–Trinajstić information content (AvgIpc) is 2.96. The summed E-state index contributed by atoms with van der Waals surface area (Å²) in [6, 6.07) is 10.3. The van der Waals surface area contributed by atoms with Gasteiger partial charge in [0.15, 0.2) is 0 Å². The lowest BCUT2D eigenvalue weighted by molar-refractivity contribution is 0.0944. The van der Waals surface area contributed by atoms with Gasteiger partial charge in [0.05, 0.1) is 4.88 Å². The topological polar surface area (TPSA) is 41.1 Å². The summed E-state index contributed by atoms with van der Waals surface area (Å²) in [4.78, 5) is 12.8. The quantitative estimate of drug-likeness (QED) is 0.851. The molecule has 1 unspecified atom stereocenters. The molecule has 0 spiro atoms. The van der Waals surface area contributed by atoms with Crippen LogP contribution in [0.3, 0.4) is 0 Å². The fourth-order valence-electron chi connectivity index (χ4n) is 2.13. The van der Waals surface area contributed by atoms with Crippen LogP contribution in [0.25, 0.3) is 10.1 Å². The Morgan fingerprint density at radius 1 is 1.41 bits per heavy atom. The van der Waals surface area contributed by atoms with Gasteiger partial charge in [0.25, 0.3) is 5.91 Å². The largest absolute Gasteiger partial charge is 0.347 e. The number of rotatable bonds is 2. The molecule has 1 aliphatic rings. The molecule has 0 bridgehead atoms. The molecule has 0 saturated carbocycles. The van der Waals surface area contributed by atoms with E-state index in [0.717, 1.165) is 29.8 Å². The Morgan fingerprint density at radius 3 is 3.06 bits per heavy atom. The molecule has 1 aromatic heterocycles. The van der Waals surface area contributed by atoms with E-state index in [1.54, 1.807) is 11.3 Å². The molecule has 17 heavy (non-hydrogen) atoms. The number of amides is 1. The Labute approximate surface area is 104 Å². The van der Waals surface area contributed by atoms with E-state index < -0.39 is 0 Å². The van der Waals surface area contributed by atoms with E-state index in [1.807, 2.05) is 30.3 Å². The van der Waals surface area contributed by atoms with Crippen LogP contribution in [0, 0.1) is 0 Å². The molecule has 1 saturated heterocycles. The Morgan fingerprint density at radius 2 is 2.29 bits per heavy atom. The molecule has 3 rings (SSSR count). The predicted octanol–water partition coefficient (Wildman–Crippen LogP) is 1.99. The number of hydrogen-bond acceptors (Lipinski definition) is 3. The van der Waals surface area contributed by atoms with Gasteiger partial charge in [0.1, 0.15) is 0 Å². The minimum absolute atomic E-state index is 0.0555. The van der Waals surface area contributed by atoms with Gasteiger partial charge in [-0.05, 0) is 30.5 Å². The third kappa shape index (κ3) is 2.18. The average molecular weight is 246 g/mol. The molecule has 2 N–H and O–H groups in total. The van der Waals surface area contributed by atoms with Crippen molar-refractivity contribution in [3.05, 3.63) is 35.2 Å². The highest BCUT2D eigenvalue weighted by molar-refractivity contribution is 7.20. The smallest absolute Gasteiger partial charge is 0.261 e. The lowest BCUT2D eigenvalue weighted by Gasteiger charge is -2.09. The number of carbonyl (C=O) groups excluding carboxylic acids is 1. The molecular weight excluding hydrogens is 232 g/mol. The van der Waals surface area contributed by atoms with Crippen LogP contribution in [0.5, 0.6) is 0 Å². The number of hydrogen-bond donors (Lipinski definition) is 2. The summed E-state index contributed by atoms with van der Waals surface area (Å²) in [5, 5.41) is 7.46. The number of nitrogens with one attached hydrogen (secondary N) is 2. The summed E-state index contributed by atoms with van der Waals surface area (Å²) in [6.45, 7) is 1.88. The van der Waals surface area contributed by atoms with Gasteiger partial charge in [-0.2, -0.15) is 0 Å². The Bertz CT molecular complexity index is 510. The molecular formula is C13H14N2OS. The molecule has 0 aliphatic carbocycles. The van der Waals surface area contributed by atoms with Crippen molar-refractivity contribution < 1.29 is 4.79 Å². The van der Waals surface area contributed by atoms with E-state index in [9.17, 15) is 4.79 Å². The molecule has 1 atom stereocenters. The van der Waals surface area contributed by atoms with Gasteiger partial charge in [0.2, 0.25) is 0 Å². The van der Waals surface area contributed by atoms with E-state index in [-0.39, 0.29) is 11.9 Å². The van der Waals surface area contributed by atoms with Crippen molar-refractivity contribution in [1.29, 1.82) is 0 Å². The molecule has 2 heterocycles. The summed E-state index contributed by atoms with van der Waals surface area (Å²) in [6.07, 6.45) is 1.02. The van der Waals surface area contributed by atoms with E-state index in [4.69, 9.17) is 0 Å². The second-order valence-electron chi connectivity index (χ2n) is 4.31. The van der Waals surface area contributed by atoms with Crippen LogP contribution in [-0.2, 0) is 0 Å². The zero-order chi connectivity index (χ0) is 11.7. The second kappa shape index (κ2) is 4.47. The SMILES string of the molecule is O=C(NC1CCNC1)c1cc2ccccc2s1. The van der Waals surface area contributed by atoms with Crippen LogP contribution in [0.1, 0.15) is 16.1 Å². The van der Waals surface area contributed by atoms with Gasteiger partial charge in [-0.15, -0.1) is 11.3 Å². The van der Waals surface area contributed by atoms with Gasteiger partial charge in [-0.3, -0.25) is 4.79 Å². The molecule has 4 heteroatoms. The molecule has 2 aromatic rings. The van der Waals surface area contributed by atoms with Gasteiger partial charge in [0, 0.05) is 17.3 Å². The van der Waals surface area contributed by atoms with Crippen molar-refractivity contribution in [2.45, 2.75) is 12.5 Å². The predicted molar refractivity (Wildman–Crippen MR) is 70.6 cm³/mol. The highest BCUT2D eigenvalue weighted by Crippen LogP contribution is 2.25. The van der Waals surface area contributed by atoms with E-state index in [1.165, 1.54) is 4.70 Å². The fraction of sp³-hybridized carbons (Fsp3) is 0.308. The van der Waals surface area contributed by atoms with Crippen molar-refractivity contribution in [2.24, 2.45) is 0 Å². The molecule has 1 aromatic carbocycles. The first kappa shape index (κ1) is 10.7. The maximum atomic E-state index is 12.0. The normalized spacial score (nSPS) is 19.6. The number of fused-ring (bicyclic) bond motifs is 1. The minimum atomic E-state index is 0.0555. The van der Waals surface area contributed by atoms with Crippen LogP contribution < -0.4 is 10.6 Å². The Balaban J connectivity index is 1.80. The monoisotopic (exact) mass is 246 g/mol. The second-order valence-corrected chi connectivity index (χ2v) is 5.40. The summed E-state index contributed by atoms with van der Waals surface area (Å²) >= 11 is 1.56. The first-order chi connectivity index (χ1) is 8.33. The van der Waals surface area contributed by atoms with Crippen molar-refractivity contribution in [1.82, 2.24) is 10.6 Å². The zero-order valence-electron chi connectivity index (χ0n) is 9.40. The summed E-state index contributed by atoms with van der Waals surface area (Å²) in [7, 11) is 0. The lowest BCUT2D eigenvalue weighted by Crippen LogP contribution is -2.35. The molecule has 1 amide bonds. The third-order valence-corrected chi connectivity index (χ3v) is 4.16. The van der Waals surface area contributed by atoms with Crippen molar-refractivity contribution >= 4 is 27.3 Å². The molecule has 1 aliphatic heterocycles. The first-order valence-electron chi connectivity index (χ1n) is 5.83. The highest BCUT2D eigenvalue weighted by atomic mass is 32.1. The molecule has 1 fully saturated rings. The van der Waals surface area contributed by atoms with Crippen molar-refractivity contribution in [3.8, 4) is 0 Å². The van der Waals surface area contributed by atoms with Crippen molar-refractivity contribution in [3.63, 3.8) is 0 Å². The standard InChI is InChI=1S/C13H14N2OS/c16-13(15-10-5-6-14-8-10)12-7-9-3-1-2-4-11(9)17-12/h1-4,7,10,14H,5-6,8H2,(H,15,16). The van der Waals surface area contributed by atoms with Crippen LogP contribution in [0.2, 0.25) is 0 Å². The molecule has 88 valence electrons. The number of carbonyl (C=O) groups is 1. The summed E-state index contributed by atoms with van der Waals surface area (Å²) in [5.41, 5.74) is 0. The number of thiophene rings is 1. The summed E-state index contributed by atoms with van der Waals surface area (Å²) in [5.74, 6) is 0.0555. The van der Waals surface area contributed by atoms with Crippen LogP contribution >= 0.6 is 11.3 Å². The third-order valence-electron chi connectivity index (χ3n) is 3.04. The number of benzene rings is 1. The Hall–Kier alpha value is -1.39.